The van der Waals surface area contributed by atoms with Crippen LogP contribution in [0.1, 0.15) is 55.0 Å². The van der Waals surface area contributed by atoms with E-state index in [-0.39, 0.29) is 18.1 Å². The number of carbonyl (C=O) groups excluding carboxylic acids is 2. The molecular weight excluding hydrogens is 557 g/mol. The monoisotopic (exact) mass is 590 g/mol. The van der Waals surface area contributed by atoms with Crippen LogP contribution in [0.2, 0.25) is 0 Å². The summed E-state index contributed by atoms with van der Waals surface area (Å²) in [4.78, 5) is 36.2. The van der Waals surface area contributed by atoms with Crippen molar-refractivity contribution in [1.29, 1.82) is 0 Å². The normalized spacial score (nSPS) is 14.3. The first-order valence-electron chi connectivity index (χ1n) is 12.7. The van der Waals surface area contributed by atoms with Gasteiger partial charge in [-0.05, 0) is 69.4 Å². The van der Waals surface area contributed by atoms with Crippen LogP contribution in [-0.2, 0) is 33.4 Å². The van der Waals surface area contributed by atoms with Crippen molar-refractivity contribution in [3.63, 3.8) is 0 Å². The van der Waals surface area contributed by atoms with Crippen molar-refractivity contribution >= 4 is 44.7 Å². The predicted molar refractivity (Wildman–Crippen MR) is 154 cm³/mol. The smallest absolute Gasteiger partial charge is 0.303 e. The molecule has 1 saturated carbocycles. The summed E-state index contributed by atoms with van der Waals surface area (Å²) < 4.78 is 32.5. The number of nitrogens with one attached hydrogen (secondary N) is 1. The second-order valence-corrected chi connectivity index (χ2v) is 14.4. The van der Waals surface area contributed by atoms with E-state index in [1.54, 1.807) is 25.4 Å². The van der Waals surface area contributed by atoms with E-state index >= 15 is 0 Å². The number of aryl methyl sites for hydroxylation is 3. The van der Waals surface area contributed by atoms with Gasteiger partial charge in [-0.2, -0.15) is 12.7 Å². The lowest BCUT2D eigenvalue weighted by Crippen LogP contribution is -2.40. The molecule has 3 aromatic rings. The van der Waals surface area contributed by atoms with E-state index in [0.29, 0.717) is 16.4 Å². The number of hydrogen-bond acceptors (Lipinski definition) is 8. The molecular formula is C27H34N4O5S3. The van der Waals surface area contributed by atoms with Crippen LogP contribution in [0.15, 0.2) is 36.4 Å². The van der Waals surface area contributed by atoms with Crippen LogP contribution in [-0.4, -0.2) is 62.2 Å². The number of rotatable bonds is 12. The molecule has 1 N–H and O–H groups in total. The van der Waals surface area contributed by atoms with Crippen LogP contribution in [0.4, 0.5) is 0 Å². The standard InChI is InChI=1S/C27H34N4O5S3/c1-18-8-13-22(37-18)7-6-16-31(26(33)27(14-15-27)20-9-11-21(36-5)12-10-20)17-23-28-24(19(2)38-23)25(32)29-39(34,35)30(3)4/h8-13H,6-7,14-17H2,1-5H3,(H,29,32). The van der Waals surface area contributed by atoms with Crippen LogP contribution in [0.3, 0.4) is 0 Å². The van der Waals surface area contributed by atoms with Gasteiger partial charge in [0.25, 0.3) is 5.91 Å². The van der Waals surface area contributed by atoms with Crippen molar-refractivity contribution in [3.05, 3.63) is 67.3 Å². The first kappa shape index (κ1) is 29.2. The van der Waals surface area contributed by atoms with Gasteiger partial charge in [0, 0.05) is 35.3 Å². The summed E-state index contributed by atoms with van der Waals surface area (Å²) in [6.45, 7) is 4.60. The summed E-state index contributed by atoms with van der Waals surface area (Å²) in [5.41, 5.74) is 0.451. The fourth-order valence-electron chi connectivity index (χ4n) is 4.43. The quantitative estimate of drug-likeness (QED) is 0.341. The van der Waals surface area contributed by atoms with Crippen molar-refractivity contribution in [1.82, 2.24) is 18.9 Å². The zero-order valence-electron chi connectivity index (χ0n) is 22.8. The minimum Gasteiger partial charge on any atom is -0.497 e. The van der Waals surface area contributed by atoms with Crippen LogP contribution in [0.25, 0.3) is 0 Å². The fraction of sp³-hybridized carbons (Fsp3) is 0.444. The molecule has 0 bridgehead atoms. The van der Waals surface area contributed by atoms with Crippen molar-refractivity contribution in [2.24, 2.45) is 0 Å². The summed E-state index contributed by atoms with van der Waals surface area (Å²) in [7, 11) is 0.348. The molecule has 0 aliphatic heterocycles. The third-order valence-corrected chi connectivity index (χ3v) is 10.2. The number of ether oxygens (including phenoxy) is 1. The summed E-state index contributed by atoms with van der Waals surface area (Å²) in [5, 5.41) is 0.589. The van der Waals surface area contributed by atoms with E-state index in [9.17, 15) is 18.0 Å². The zero-order valence-corrected chi connectivity index (χ0v) is 25.3. The Kier molecular flexibility index (Phi) is 8.79. The molecule has 9 nitrogen and oxygen atoms in total. The highest BCUT2D eigenvalue weighted by Crippen LogP contribution is 2.50. The third kappa shape index (κ3) is 6.68. The van der Waals surface area contributed by atoms with E-state index in [1.807, 2.05) is 33.9 Å². The summed E-state index contributed by atoms with van der Waals surface area (Å²) in [5.74, 6) is 0.000971. The third-order valence-electron chi connectivity index (χ3n) is 6.82. The molecule has 2 amide bonds. The Morgan fingerprint density at radius 3 is 2.33 bits per heavy atom. The number of carbonyl (C=O) groups is 2. The number of benzene rings is 1. The van der Waals surface area contributed by atoms with Gasteiger partial charge in [-0.3, -0.25) is 9.59 Å². The molecule has 1 aliphatic rings. The van der Waals surface area contributed by atoms with Gasteiger partial charge in [-0.1, -0.05) is 12.1 Å². The SMILES string of the molecule is COc1ccc(C2(C(=O)N(CCCc3ccc(C)s3)Cc3nc(C(=O)NS(=O)(=O)N(C)C)c(C)s3)CC2)cc1. The number of aromatic nitrogens is 1. The summed E-state index contributed by atoms with van der Waals surface area (Å²) >= 11 is 3.06. The Morgan fingerprint density at radius 1 is 1.08 bits per heavy atom. The molecule has 0 unspecified atom stereocenters. The largest absolute Gasteiger partial charge is 0.497 e. The van der Waals surface area contributed by atoms with Gasteiger partial charge in [-0.25, -0.2) is 9.71 Å². The topological polar surface area (TPSA) is 109 Å². The molecule has 2 heterocycles. The lowest BCUT2D eigenvalue weighted by atomic mass is 9.94. The van der Waals surface area contributed by atoms with Gasteiger partial charge in [0.1, 0.15) is 16.5 Å². The molecule has 39 heavy (non-hydrogen) atoms. The Labute approximate surface area is 238 Å². The van der Waals surface area contributed by atoms with E-state index in [1.165, 1.54) is 35.2 Å². The zero-order chi connectivity index (χ0) is 28.4. The highest BCUT2D eigenvalue weighted by atomic mass is 32.2. The number of hydrogen-bond donors (Lipinski definition) is 1. The van der Waals surface area contributed by atoms with Crippen LogP contribution < -0.4 is 9.46 Å². The number of thiazole rings is 1. The van der Waals surface area contributed by atoms with Crippen molar-refractivity contribution in [3.8, 4) is 5.75 Å². The second-order valence-electron chi connectivity index (χ2n) is 9.88. The molecule has 4 rings (SSSR count). The molecule has 1 fully saturated rings. The Balaban J connectivity index is 1.55. The van der Waals surface area contributed by atoms with Gasteiger partial charge < -0.3 is 9.64 Å². The molecule has 210 valence electrons. The fourth-order valence-corrected chi connectivity index (χ4v) is 6.82. The van der Waals surface area contributed by atoms with Gasteiger partial charge >= 0.3 is 10.2 Å². The minimum absolute atomic E-state index is 0.0454. The van der Waals surface area contributed by atoms with Gasteiger partial charge in [-0.15, -0.1) is 22.7 Å². The van der Waals surface area contributed by atoms with Crippen molar-refractivity contribution in [2.75, 3.05) is 27.7 Å². The van der Waals surface area contributed by atoms with Gasteiger partial charge in [0.05, 0.1) is 19.1 Å². The molecule has 1 aromatic carbocycles. The van der Waals surface area contributed by atoms with Crippen molar-refractivity contribution < 1.29 is 22.7 Å². The molecule has 2 aromatic heterocycles. The molecule has 1 aliphatic carbocycles. The van der Waals surface area contributed by atoms with E-state index < -0.39 is 21.5 Å². The average Bonchev–Trinajstić information content (AvgIpc) is 3.47. The minimum atomic E-state index is -3.95. The maximum atomic E-state index is 14.0. The van der Waals surface area contributed by atoms with E-state index in [0.717, 1.165) is 41.3 Å². The van der Waals surface area contributed by atoms with Gasteiger partial charge in [0.15, 0.2) is 0 Å². The molecule has 0 radical (unpaired) electrons. The lowest BCUT2D eigenvalue weighted by molar-refractivity contribution is -0.134. The second kappa shape index (κ2) is 11.7. The molecule has 12 heteroatoms. The highest BCUT2D eigenvalue weighted by molar-refractivity contribution is 7.87. The summed E-state index contributed by atoms with van der Waals surface area (Å²) in [6.07, 6.45) is 3.20. The van der Waals surface area contributed by atoms with Crippen LogP contribution >= 0.6 is 22.7 Å². The van der Waals surface area contributed by atoms with Crippen LogP contribution in [0, 0.1) is 13.8 Å². The first-order chi connectivity index (χ1) is 18.4. The van der Waals surface area contributed by atoms with E-state index in [2.05, 4.69) is 24.0 Å². The lowest BCUT2D eigenvalue weighted by Gasteiger charge is -2.27. The number of thiophene rings is 1. The van der Waals surface area contributed by atoms with Gasteiger partial charge in [0.2, 0.25) is 5.91 Å². The number of nitrogens with zero attached hydrogens (tertiary/aromatic N) is 3. The molecule has 0 spiro atoms. The molecule has 0 atom stereocenters. The summed E-state index contributed by atoms with van der Waals surface area (Å²) in [6, 6.07) is 11.9. The average molecular weight is 591 g/mol. The maximum Gasteiger partial charge on any atom is 0.303 e. The van der Waals surface area contributed by atoms with Crippen molar-refractivity contribution in [2.45, 2.75) is 51.5 Å². The highest BCUT2D eigenvalue weighted by Gasteiger charge is 2.53. The predicted octanol–water partition coefficient (Wildman–Crippen LogP) is 4.06. The first-order valence-corrected chi connectivity index (χ1v) is 15.7. The molecule has 0 saturated heterocycles. The Morgan fingerprint density at radius 2 is 1.77 bits per heavy atom. The maximum absolute atomic E-state index is 14.0. The Hall–Kier alpha value is -2.80. The Bertz CT molecular complexity index is 1440. The van der Waals surface area contributed by atoms with E-state index in [4.69, 9.17) is 4.74 Å². The number of methoxy groups -OCH3 is 1. The van der Waals surface area contributed by atoms with Crippen LogP contribution in [0.5, 0.6) is 5.75 Å². The number of amides is 2.